The second-order valence-electron chi connectivity index (χ2n) is 6.43. The summed E-state index contributed by atoms with van der Waals surface area (Å²) in [5.74, 6) is 0.182. The van der Waals surface area contributed by atoms with Crippen LogP contribution in [0.4, 0.5) is 0 Å². The van der Waals surface area contributed by atoms with Crippen molar-refractivity contribution in [3.05, 3.63) is 96.6 Å². The molecule has 0 radical (unpaired) electrons. The van der Waals surface area contributed by atoms with E-state index in [1.165, 1.54) is 0 Å². The van der Waals surface area contributed by atoms with E-state index < -0.39 is 0 Å². The van der Waals surface area contributed by atoms with Crippen LogP contribution in [0, 0.1) is 0 Å². The Balaban J connectivity index is 2.00. The van der Waals surface area contributed by atoms with Crippen LogP contribution in [0.25, 0.3) is 0 Å². The van der Waals surface area contributed by atoms with Crippen molar-refractivity contribution in [2.24, 2.45) is 0 Å². The van der Waals surface area contributed by atoms with Gasteiger partial charge in [0.05, 0.1) is 13.2 Å². The van der Waals surface area contributed by atoms with Gasteiger partial charge in [-0.05, 0) is 24.5 Å². The van der Waals surface area contributed by atoms with Gasteiger partial charge in [0.2, 0.25) is 0 Å². The number of hydrogen-bond donors (Lipinski definition) is 0. The third kappa shape index (κ3) is 8.16. The highest BCUT2D eigenvalue weighted by molar-refractivity contribution is 5.75. The van der Waals surface area contributed by atoms with E-state index in [2.05, 4.69) is 6.58 Å². The molecular weight excluding hydrogens is 336 g/mol. The highest BCUT2D eigenvalue weighted by atomic mass is 16.5. The van der Waals surface area contributed by atoms with E-state index >= 15 is 0 Å². The topological polar surface area (TPSA) is 35.5 Å². The summed E-state index contributed by atoms with van der Waals surface area (Å²) >= 11 is 0. The Labute approximate surface area is 162 Å². The van der Waals surface area contributed by atoms with E-state index in [-0.39, 0.29) is 18.0 Å². The molecule has 3 nitrogen and oxygen atoms in total. The second kappa shape index (κ2) is 12.0. The quantitative estimate of drug-likeness (QED) is 0.481. The van der Waals surface area contributed by atoms with Crippen molar-refractivity contribution in [1.82, 2.24) is 0 Å². The summed E-state index contributed by atoms with van der Waals surface area (Å²) in [5, 5.41) is 0. The van der Waals surface area contributed by atoms with Crippen molar-refractivity contribution in [3.63, 3.8) is 0 Å². The lowest BCUT2D eigenvalue weighted by atomic mass is 10.1. The summed E-state index contributed by atoms with van der Waals surface area (Å²) in [7, 11) is 0. The van der Waals surface area contributed by atoms with Crippen LogP contribution in [0.15, 0.2) is 85.5 Å². The van der Waals surface area contributed by atoms with Crippen LogP contribution in [0.3, 0.4) is 0 Å². The number of rotatable bonds is 12. The van der Waals surface area contributed by atoms with E-state index in [9.17, 15) is 4.79 Å². The summed E-state index contributed by atoms with van der Waals surface area (Å²) in [4.78, 5) is 11.1. The number of carbonyl (C=O) groups is 1. The first-order valence-corrected chi connectivity index (χ1v) is 9.28. The zero-order valence-corrected chi connectivity index (χ0v) is 15.9. The Morgan fingerprint density at radius 2 is 1.44 bits per heavy atom. The molecule has 0 bridgehead atoms. The number of carbonyl (C=O) groups excluding carboxylic acids is 1. The predicted molar refractivity (Wildman–Crippen MR) is 109 cm³/mol. The molecule has 0 fully saturated rings. The lowest BCUT2D eigenvalue weighted by molar-refractivity contribution is -0.116. The van der Waals surface area contributed by atoms with Crippen LogP contribution in [-0.2, 0) is 27.5 Å². The van der Waals surface area contributed by atoms with Crippen molar-refractivity contribution in [2.75, 3.05) is 0 Å². The predicted octanol–water partition coefficient (Wildman–Crippen LogP) is 5.27. The Morgan fingerprint density at radius 3 is 1.93 bits per heavy atom. The zero-order valence-electron chi connectivity index (χ0n) is 15.9. The van der Waals surface area contributed by atoms with Gasteiger partial charge in [-0.15, -0.1) is 6.58 Å². The molecule has 0 unspecified atom stereocenters. The van der Waals surface area contributed by atoms with Crippen LogP contribution in [0.5, 0.6) is 0 Å². The minimum atomic E-state index is -0.275. The van der Waals surface area contributed by atoms with Crippen LogP contribution in [0.1, 0.15) is 30.9 Å². The Hall–Kier alpha value is -2.49. The van der Waals surface area contributed by atoms with Gasteiger partial charge in [-0.1, -0.05) is 78.9 Å². The molecule has 0 aromatic heterocycles. The molecule has 0 aliphatic rings. The van der Waals surface area contributed by atoms with Gasteiger partial charge in [-0.25, -0.2) is 0 Å². The highest BCUT2D eigenvalue weighted by Gasteiger charge is 2.18. The summed E-state index contributed by atoms with van der Waals surface area (Å²) in [6.45, 7) is 6.49. The summed E-state index contributed by atoms with van der Waals surface area (Å²) in [6.07, 6.45) is 6.42. The first-order chi connectivity index (χ1) is 13.2. The average molecular weight is 364 g/mol. The first kappa shape index (κ1) is 20.8. The largest absolute Gasteiger partial charge is 0.366 e. The highest BCUT2D eigenvalue weighted by Crippen LogP contribution is 2.14. The van der Waals surface area contributed by atoms with Crippen LogP contribution < -0.4 is 0 Å². The van der Waals surface area contributed by atoms with E-state index in [1.807, 2.05) is 72.8 Å². The molecule has 2 aromatic carbocycles. The molecule has 27 heavy (non-hydrogen) atoms. The fourth-order valence-corrected chi connectivity index (χ4v) is 2.61. The molecule has 0 aliphatic carbocycles. The van der Waals surface area contributed by atoms with E-state index in [0.717, 1.165) is 11.1 Å². The normalized spacial score (nSPS) is 13.4. The van der Waals surface area contributed by atoms with Crippen molar-refractivity contribution in [2.45, 2.75) is 45.2 Å². The van der Waals surface area contributed by atoms with Gasteiger partial charge < -0.3 is 14.3 Å². The molecular formula is C24H28O3. The molecule has 0 spiro atoms. The van der Waals surface area contributed by atoms with Crippen molar-refractivity contribution in [3.8, 4) is 0 Å². The van der Waals surface area contributed by atoms with Gasteiger partial charge in [0.15, 0.2) is 0 Å². The number of ketones is 1. The number of benzene rings is 2. The van der Waals surface area contributed by atoms with E-state index in [4.69, 9.17) is 9.47 Å². The smallest absolute Gasteiger partial charge is 0.130 e. The number of Topliss-reactive ketones (excluding diaryl/α,β-unsaturated/α-hetero) is 1. The van der Waals surface area contributed by atoms with Crippen LogP contribution in [-0.4, -0.2) is 18.0 Å². The standard InChI is InChI=1S/C24H28O3/c1-3-23(26-18-21-13-6-4-7-14-21)24(17-11-10-12-20(2)25)27-19-22-15-8-5-9-16-22/h3-9,11,13-17,23-24H,1,10,12,18-19H2,2H3/b17-11-/t23-,24+/m0/s1. The van der Waals surface area contributed by atoms with Crippen LogP contribution >= 0.6 is 0 Å². The molecule has 0 saturated carbocycles. The fraction of sp³-hybridized carbons (Fsp3) is 0.292. The molecule has 0 N–H and O–H groups in total. The number of hydrogen-bond acceptors (Lipinski definition) is 3. The van der Waals surface area contributed by atoms with E-state index in [1.54, 1.807) is 13.0 Å². The Bertz CT molecular complexity index is 707. The molecule has 142 valence electrons. The summed E-state index contributed by atoms with van der Waals surface area (Å²) < 4.78 is 12.2. The number of allylic oxidation sites excluding steroid dienone is 1. The minimum absolute atomic E-state index is 0.182. The zero-order chi connectivity index (χ0) is 19.3. The van der Waals surface area contributed by atoms with Crippen LogP contribution in [0.2, 0.25) is 0 Å². The van der Waals surface area contributed by atoms with Crippen molar-refractivity contribution in [1.29, 1.82) is 0 Å². The van der Waals surface area contributed by atoms with E-state index in [0.29, 0.717) is 26.1 Å². The summed E-state index contributed by atoms with van der Waals surface area (Å²) in [6, 6.07) is 20.1. The maximum Gasteiger partial charge on any atom is 0.130 e. The summed E-state index contributed by atoms with van der Waals surface area (Å²) in [5.41, 5.74) is 2.21. The maximum atomic E-state index is 11.1. The molecule has 0 amide bonds. The van der Waals surface area contributed by atoms with Crippen molar-refractivity contribution >= 4 is 5.78 Å². The fourth-order valence-electron chi connectivity index (χ4n) is 2.61. The monoisotopic (exact) mass is 364 g/mol. The lowest BCUT2D eigenvalue weighted by Crippen LogP contribution is -2.28. The third-order valence-electron chi connectivity index (χ3n) is 4.12. The van der Waals surface area contributed by atoms with Gasteiger partial charge >= 0.3 is 0 Å². The molecule has 2 aromatic rings. The first-order valence-electron chi connectivity index (χ1n) is 9.28. The molecule has 0 saturated heterocycles. The van der Waals surface area contributed by atoms with Gasteiger partial charge in [-0.3, -0.25) is 0 Å². The lowest BCUT2D eigenvalue weighted by Gasteiger charge is -2.23. The molecule has 2 rings (SSSR count). The third-order valence-corrected chi connectivity index (χ3v) is 4.12. The van der Waals surface area contributed by atoms with Gasteiger partial charge in [-0.2, -0.15) is 0 Å². The van der Waals surface area contributed by atoms with Gasteiger partial charge in [0.1, 0.15) is 18.0 Å². The average Bonchev–Trinajstić information content (AvgIpc) is 2.70. The molecule has 0 heterocycles. The molecule has 2 atom stereocenters. The second-order valence-corrected chi connectivity index (χ2v) is 6.43. The Morgan fingerprint density at radius 1 is 0.926 bits per heavy atom. The van der Waals surface area contributed by atoms with Gasteiger partial charge in [0, 0.05) is 6.42 Å². The Kier molecular flexibility index (Phi) is 9.25. The molecule has 0 aliphatic heterocycles. The van der Waals surface area contributed by atoms with Crippen molar-refractivity contribution < 1.29 is 14.3 Å². The number of ether oxygens (including phenoxy) is 2. The maximum absolute atomic E-state index is 11.1. The van der Waals surface area contributed by atoms with Gasteiger partial charge in [0.25, 0.3) is 0 Å². The minimum Gasteiger partial charge on any atom is -0.366 e. The molecule has 3 heteroatoms. The SMILES string of the molecule is C=C[C@H](OCc1ccccc1)[C@@H](/C=C\CCC(C)=O)OCc1ccccc1.